The number of rotatable bonds is 0. The van der Waals surface area contributed by atoms with Crippen molar-refractivity contribution in [2.45, 2.75) is 18.4 Å². The van der Waals surface area contributed by atoms with Gasteiger partial charge in [0.25, 0.3) is 0 Å². The molecule has 1 aliphatic carbocycles. The van der Waals surface area contributed by atoms with Gasteiger partial charge in [-0.15, -0.1) is 0 Å². The number of hydrogen-bond donors (Lipinski definition) is 2. The normalized spacial score (nSPS) is 36.9. The van der Waals surface area contributed by atoms with E-state index in [1.54, 1.807) is 0 Å². The molecule has 4 heteroatoms. The highest BCUT2D eigenvalue weighted by Gasteiger charge is 2.44. The average molecular weight is 156 g/mol. The van der Waals surface area contributed by atoms with Gasteiger partial charge in [-0.1, -0.05) is 5.16 Å². The van der Waals surface area contributed by atoms with Crippen LogP contribution in [0.25, 0.3) is 0 Å². The van der Waals surface area contributed by atoms with Gasteiger partial charge in [-0.05, 0) is 0 Å². The van der Waals surface area contributed by atoms with Crippen LogP contribution < -0.4 is 5.32 Å². The molecule has 2 rings (SSSR count). The minimum absolute atomic E-state index is 0.0280. The van der Waals surface area contributed by atoms with E-state index in [0.29, 0.717) is 0 Å². The van der Waals surface area contributed by atoms with Crippen LogP contribution in [0, 0.1) is 0 Å². The Bertz CT molecular complexity index is 175. The second-order valence-corrected chi connectivity index (χ2v) is 3.23. The van der Waals surface area contributed by atoms with Gasteiger partial charge in [0, 0.05) is 25.9 Å². The van der Waals surface area contributed by atoms with Crippen molar-refractivity contribution in [3.05, 3.63) is 0 Å². The van der Waals surface area contributed by atoms with E-state index in [1.165, 1.54) is 0 Å². The Morgan fingerprint density at radius 1 is 1.55 bits per heavy atom. The van der Waals surface area contributed by atoms with E-state index >= 15 is 0 Å². The molecular formula is C7H12N2O2. The number of oxime groups is 1. The van der Waals surface area contributed by atoms with Gasteiger partial charge < -0.3 is 15.3 Å². The minimum Gasteiger partial charge on any atom is -0.411 e. The molecule has 62 valence electrons. The van der Waals surface area contributed by atoms with Gasteiger partial charge in [0.15, 0.2) is 0 Å². The van der Waals surface area contributed by atoms with Crippen LogP contribution in [-0.2, 0) is 4.74 Å². The Hall–Kier alpha value is -0.610. The topological polar surface area (TPSA) is 53.9 Å². The van der Waals surface area contributed by atoms with Gasteiger partial charge in [-0.3, -0.25) is 0 Å². The van der Waals surface area contributed by atoms with Crippen molar-refractivity contribution in [2.75, 3.05) is 19.7 Å². The van der Waals surface area contributed by atoms with E-state index in [0.717, 1.165) is 38.2 Å². The monoisotopic (exact) mass is 156 g/mol. The summed E-state index contributed by atoms with van der Waals surface area (Å²) in [6.07, 6.45) is 1.58. The Balaban J connectivity index is 1.94. The summed E-state index contributed by atoms with van der Waals surface area (Å²) in [5.74, 6) is 0. The first-order valence-corrected chi connectivity index (χ1v) is 3.89. The molecule has 0 bridgehead atoms. The van der Waals surface area contributed by atoms with Crippen molar-refractivity contribution in [2.24, 2.45) is 5.16 Å². The van der Waals surface area contributed by atoms with Crippen molar-refractivity contribution in [3.63, 3.8) is 0 Å². The van der Waals surface area contributed by atoms with Crippen LogP contribution in [0.3, 0.4) is 0 Å². The predicted molar refractivity (Wildman–Crippen MR) is 40.0 cm³/mol. The lowest BCUT2D eigenvalue weighted by Gasteiger charge is -2.44. The third-order valence-corrected chi connectivity index (χ3v) is 2.33. The third kappa shape index (κ3) is 1.12. The van der Waals surface area contributed by atoms with Crippen molar-refractivity contribution in [1.29, 1.82) is 0 Å². The molecular weight excluding hydrogens is 144 g/mol. The van der Waals surface area contributed by atoms with Crippen molar-refractivity contribution in [3.8, 4) is 0 Å². The fourth-order valence-corrected chi connectivity index (χ4v) is 1.70. The summed E-state index contributed by atoms with van der Waals surface area (Å²) in [6, 6.07) is 0. The molecule has 2 fully saturated rings. The maximum Gasteiger partial charge on any atom is 0.0913 e. The first-order valence-electron chi connectivity index (χ1n) is 3.89. The van der Waals surface area contributed by atoms with Gasteiger partial charge >= 0.3 is 0 Å². The molecule has 2 N–H and O–H groups in total. The molecule has 1 aliphatic heterocycles. The van der Waals surface area contributed by atoms with Crippen LogP contribution in [0.4, 0.5) is 0 Å². The molecule has 1 heterocycles. The van der Waals surface area contributed by atoms with Crippen LogP contribution in [0.5, 0.6) is 0 Å². The highest BCUT2D eigenvalue weighted by molar-refractivity contribution is 5.92. The zero-order chi connectivity index (χ0) is 7.73. The summed E-state index contributed by atoms with van der Waals surface area (Å²) in [5, 5.41) is 14.8. The zero-order valence-electron chi connectivity index (χ0n) is 6.34. The standard InChI is InChI=1S/C7H12N2O2/c10-9-6-3-7(4-6)5-8-1-2-11-7/h8,10H,1-5H2. The number of morpholine rings is 1. The van der Waals surface area contributed by atoms with Crippen molar-refractivity contribution >= 4 is 5.71 Å². The lowest BCUT2D eigenvalue weighted by atomic mass is 9.77. The van der Waals surface area contributed by atoms with Crippen LogP contribution >= 0.6 is 0 Å². The Morgan fingerprint density at radius 2 is 2.36 bits per heavy atom. The van der Waals surface area contributed by atoms with Crippen molar-refractivity contribution < 1.29 is 9.94 Å². The van der Waals surface area contributed by atoms with Gasteiger partial charge in [-0.25, -0.2) is 0 Å². The molecule has 0 unspecified atom stereocenters. The molecule has 1 spiro atoms. The molecule has 1 saturated heterocycles. The predicted octanol–water partition coefficient (Wildman–Crippen LogP) is -0.0310. The van der Waals surface area contributed by atoms with Crippen LogP contribution in [-0.4, -0.2) is 36.2 Å². The van der Waals surface area contributed by atoms with Gasteiger partial charge in [0.2, 0.25) is 0 Å². The fraction of sp³-hybridized carbons (Fsp3) is 0.857. The number of nitrogens with one attached hydrogen (secondary N) is 1. The number of nitrogens with zero attached hydrogens (tertiary/aromatic N) is 1. The summed E-state index contributed by atoms with van der Waals surface area (Å²) in [4.78, 5) is 0. The van der Waals surface area contributed by atoms with E-state index in [9.17, 15) is 0 Å². The Kier molecular flexibility index (Phi) is 1.58. The van der Waals surface area contributed by atoms with Gasteiger partial charge in [0.05, 0.1) is 17.9 Å². The van der Waals surface area contributed by atoms with E-state index in [-0.39, 0.29) is 5.60 Å². The van der Waals surface area contributed by atoms with Crippen LogP contribution in [0.2, 0.25) is 0 Å². The van der Waals surface area contributed by atoms with Gasteiger partial charge in [-0.2, -0.15) is 0 Å². The third-order valence-electron chi connectivity index (χ3n) is 2.33. The summed E-state index contributed by atoms with van der Waals surface area (Å²) >= 11 is 0. The smallest absolute Gasteiger partial charge is 0.0913 e. The molecule has 0 radical (unpaired) electrons. The Labute approximate surface area is 65.2 Å². The van der Waals surface area contributed by atoms with Crippen LogP contribution in [0.1, 0.15) is 12.8 Å². The van der Waals surface area contributed by atoms with E-state index < -0.39 is 0 Å². The maximum absolute atomic E-state index is 8.41. The molecule has 4 nitrogen and oxygen atoms in total. The zero-order valence-corrected chi connectivity index (χ0v) is 6.34. The number of ether oxygens (including phenoxy) is 1. The largest absolute Gasteiger partial charge is 0.411 e. The van der Waals surface area contributed by atoms with Gasteiger partial charge in [0.1, 0.15) is 0 Å². The molecule has 11 heavy (non-hydrogen) atoms. The second kappa shape index (κ2) is 2.46. The van der Waals surface area contributed by atoms with E-state index in [1.807, 2.05) is 0 Å². The Morgan fingerprint density at radius 3 is 2.91 bits per heavy atom. The molecule has 0 atom stereocenters. The molecule has 0 aromatic carbocycles. The molecule has 0 aromatic heterocycles. The quantitative estimate of drug-likeness (QED) is 0.382. The summed E-state index contributed by atoms with van der Waals surface area (Å²) < 4.78 is 5.58. The highest BCUT2D eigenvalue weighted by Crippen LogP contribution is 2.33. The lowest BCUT2D eigenvalue weighted by molar-refractivity contribution is -0.0738. The summed E-state index contributed by atoms with van der Waals surface area (Å²) in [6.45, 7) is 2.61. The first kappa shape index (κ1) is 7.06. The van der Waals surface area contributed by atoms with E-state index in [2.05, 4.69) is 10.5 Å². The molecule has 0 aromatic rings. The number of hydrogen-bond acceptors (Lipinski definition) is 4. The fourth-order valence-electron chi connectivity index (χ4n) is 1.70. The first-order chi connectivity index (χ1) is 5.35. The summed E-state index contributed by atoms with van der Waals surface area (Å²) in [5.41, 5.74) is 0.827. The SMILES string of the molecule is ON=C1CC2(CNCCO2)C1. The second-order valence-electron chi connectivity index (χ2n) is 3.23. The molecule has 1 saturated carbocycles. The lowest BCUT2D eigenvalue weighted by Crippen LogP contribution is -2.57. The molecule has 2 aliphatic rings. The van der Waals surface area contributed by atoms with Crippen molar-refractivity contribution in [1.82, 2.24) is 5.32 Å². The summed E-state index contributed by atoms with van der Waals surface area (Å²) in [7, 11) is 0. The average Bonchev–Trinajstić information content (AvgIpc) is 2.01. The maximum atomic E-state index is 8.41. The van der Waals surface area contributed by atoms with Crippen LogP contribution in [0.15, 0.2) is 5.16 Å². The highest BCUT2D eigenvalue weighted by atomic mass is 16.5. The minimum atomic E-state index is -0.0280. The van der Waals surface area contributed by atoms with E-state index in [4.69, 9.17) is 9.94 Å². The molecule has 0 amide bonds.